The van der Waals surface area contributed by atoms with Crippen molar-refractivity contribution >= 4 is 23.1 Å². The molecule has 1 aromatic carbocycles. The van der Waals surface area contributed by atoms with Gasteiger partial charge in [0.15, 0.2) is 0 Å². The molecule has 0 atom stereocenters. The summed E-state index contributed by atoms with van der Waals surface area (Å²) in [6.07, 6.45) is 0. The lowest BCUT2D eigenvalue weighted by molar-refractivity contribution is 0.643. The first-order valence-corrected chi connectivity index (χ1v) is 6.92. The highest BCUT2D eigenvalue weighted by Gasteiger charge is 2.19. The van der Waals surface area contributed by atoms with Crippen molar-refractivity contribution in [3.63, 3.8) is 0 Å². The molecule has 0 aliphatic carbocycles. The van der Waals surface area contributed by atoms with Crippen molar-refractivity contribution in [1.29, 1.82) is 0 Å². The van der Waals surface area contributed by atoms with Crippen LogP contribution in [-0.2, 0) is 0 Å². The molecule has 1 aliphatic heterocycles. The monoisotopic (exact) mass is 290 g/mol. The van der Waals surface area contributed by atoms with Gasteiger partial charge in [-0.15, -0.1) is 0 Å². The molecule has 2 aromatic rings. The molecule has 1 fully saturated rings. The fourth-order valence-corrected chi connectivity index (χ4v) is 2.65. The first-order chi connectivity index (χ1) is 9.74. The van der Waals surface area contributed by atoms with Crippen molar-refractivity contribution in [3.05, 3.63) is 51.8 Å². The van der Waals surface area contributed by atoms with E-state index in [4.69, 9.17) is 11.6 Å². The smallest absolute Gasteiger partial charge is 0.264 e. The van der Waals surface area contributed by atoms with Crippen molar-refractivity contribution in [2.75, 3.05) is 36.0 Å². The normalized spacial score (nSPS) is 15.4. The number of nitrogens with zero attached hydrogens (tertiary/aromatic N) is 3. The SMILES string of the molecule is O=c1ccc(N2CCN(c3ccccc3Cl)CC2)n[nH]1. The number of aromatic nitrogens is 2. The summed E-state index contributed by atoms with van der Waals surface area (Å²) >= 11 is 6.22. The molecule has 0 saturated carbocycles. The van der Waals surface area contributed by atoms with Crippen LogP contribution in [0.2, 0.25) is 5.02 Å². The molecule has 0 spiro atoms. The van der Waals surface area contributed by atoms with Gasteiger partial charge in [-0.1, -0.05) is 23.7 Å². The Labute approximate surface area is 121 Å². The van der Waals surface area contributed by atoms with Crippen molar-refractivity contribution in [2.45, 2.75) is 0 Å². The third kappa shape index (κ3) is 2.63. The number of benzene rings is 1. The minimum Gasteiger partial charge on any atom is -0.367 e. The van der Waals surface area contributed by atoms with Crippen LogP contribution in [0.5, 0.6) is 0 Å². The molecule has 104 valence electrons. The number of hydrogen-bond acceptors (Lipinski definition) is 4. The maximum absolute atomic E-state index is 11.0. The summed E-state index contributed by atoms with van der Waals surface area (Å²) in [4.78, 5) is 15.4. The molecule has 20 heavy (non-hydrogen) atoms. The van der Waals surface area contributed by atoms with E-state index in [1.807, 2.05) is 24.3 Å². The molecular formula is C14H15ClN4O. The Bertz CT molecular complexity index is 629. The van der Waals surface area contributed by atoms with Gasteiger partial charge in [-0.2, -0.15) is 5.10 Å². The van der Waals surface area contributed by atoms with E-state index >= 15 is 0 Å². The molecular weight excluding hydrogens is 276 g/mol. The second-order valence-corrected chi connectivity index (χ2v) is 5.11. The number of aromatic amines is 1. The average molecular weight is 291 g/mol. The number of H-pyrrole nitrogens is 1. The number of nitrogens with one attached hydrogen (secondary N) is 1. The Balaban J connectivity index is 1.69. The number of anilines is 2. The van der Waals surface area contributed by atoms with E-state index in [2.05, 4.69) is 20.0 Å². The van der Waals surface area contributed by atoms with E-state index in [9.17, 15) is 4.79 Å². The molecule has 1 aromatic heterocycles. The summed E-state index contributed by atoms with van der Waals surface area (Å²) in [5.41, 5.74) is 0.895. The molecule has 0 amide bonds. The van der Waals surface area contributed by atoms with Gasteiger partial charge in [0.05, 0.1) is 10.7 Å². The lowest BCUT2D eigenvalue weighted by Crippen LogP contribution is -2.47. The van der Waals surface area contributed by atoms with Crippen LogP contribution < -0.4 is 15.4 Å². The summed E-state index contributed by atoms with van der Waals surface area (Å²) in [6.45, 7) is 3.46. The summed E-state index contributed by atoms with van der Waals surface area (Å²) in [5, 5.41) is 7.31. The molecule has 3 rings (SSSR count). The molecule has 0 unspecified atom stereocenters. The van der Waals surface area contributed by atoms with Crippen molar-refractivity contribution in [2.24, 2.45) is 0 Å². The number of rotatable bonds is 2. The van der Waals surface area contributed by atoms with Crippen LogP contribution in [0.4, 0.5) is 11.5 Å². The average Bonchev–Trinajstić information content (AvgIpc) is 2.49. The van der Waals surface area contributed by atoms with E-state index in [0.717, 1.165) is 42.7 Å². The van der Waals surface area contributed by atoms with E-state index in [1.165, 1.54) is 6.07 Å². The lowest BCUT2D eigenvalue weighted by Gasteiger charge is -2.36. The summed E-state index contributed by atoms with van der Waals surface area (Å²) in [7, 11) is 0. The summed E-state index contributed by atoms with van der Waals surface area (Å²) < 4.78 is 0. The first-order valence-electron chi connectivity index (χ1n) is 6.54. The van der Waals surface area contributed by atoms with Gasteiger partial charge in [-0.05, 0) is 18.2 Å². The molecule has 0 bridgehead atoms. The van der Waals surface area contributed by atoms with E-state index in [0.29, 0.717) is 0 Å². The Kier molecular flexibility index (Phi) is 3.60. The zero-order valence-electron chi connectivity index (χ0n) is 10.9. The van der Waals surface area contributed by atoms with Gasteiger partial charge >= 0.3 is 0 Å². The van der Waals surface area contributed by atoms with Gasteiger partial charge in [-0.25, -0.2) is 5.10 Å². The van der Waals surface area contributed by atoms with Crippen molar-refractivity contribution in [1.82, 2.24) is 10.2 Å². The van der Waals surface area contributed by atoms with Crippen LogP contribution in [0.25, 0.3) is 0 Å². The third-order valence-corrected chi connectivity index (χ3v) is 3.78. The predicted molar refractivity (Wildman–Crippen MR) is 80.7 cm³/mol. The minimum absolute atomic E-state index is 0.177. The van der Waals surface area contributed by atoms with Gasteiger partial charge in [0, 0.05) is 32.2 Å². The standard InChI is InChI=1S/C14H15ClN4O/c15-11-3-1-2-4-12(11)18-7-9-19(10-8-18)13-5-6-14(20)17-16-13/h1-6H,7-10H2,(H,17,20). The Morgan fingerprint density at radius 3 is 2.35 bits per heavy atom. The Morgan fingerprint density at radius 1 is 1.00 bits per heavy atom. The van der Waals surface area contributed by atoms with Gasteiger partial charge in [0.25, 0.3) is 5.56 Å². The zero-order valence-corrected chi connectivity index (χ0v) is 11.7. The van der Waals surface area contributed by atoms with Crippen LogP contribution in [-0.4, -0.2) is 36.4 Å². The topological polar surface area (TPSA) is 52.2 Å². The van der Waals surface area contributed by atoms with Gasteiger partial charge in [-0.3, -0.25) is 4.79 Å². The second kappa shape index (κ2) is 5.54. The molecule has 1 aliphatic rings. The zero-order chi connectivity index (χ0) is 13.9. The number of hydrogen-bond donors (Lipinski definition) is 1. The van der Waals surface area contributed by atoms with Crippen molar-refractivity contribution in [3.8, 4) is 0 Å². The third-order valence-electron chi connectivity index (χ3n) is 3.46. The number of halogens is 1. The van der Waals surface area contributed by atoms with Crippen LogP contribution in [0, 0.1) is 0 Å². The summed E-state index contributed by atoms with van der Waals surface area (Å²) in [5.74, 6) is 0.809. The number of para-hydroxylation sites is 1. The fourth-order valence-electron chi connectivity index (χ4n) is 2.40. The quantitative estimate of drug-likeness (QED) is 0.915. The molecule has 5 nitrogen and oxygen atoms in total. The van der Waals surface area contributed by atoms with Gasteiger partial charge in [0.1, 0.15) is 5.82 Å². The first kappa shape index (κ1) is 13.0. The highest BCUT2D eigenvalue weighted by molar-refractivity contribution is 6.33. The largest absolute Gasteiger partial charge is 0.367 e. The van der Waals surface area contributed by atoms with Crippen molar-refractivity contribution < 1.29 is 0 Å². The molecule has 1 saturated heterocycles. The minimum atomic E-state index is -0.177. The molecule has 1 N–H and O–H groups in total. The van der Waals surface area contributed by atoms with Crippen LogP contribution in [0.3, 0.4) is 0 Å². The fraction of sp³-hybridized carbons (Fsp3) is 0.286. The van der Waals surface area contributed by atoms with Crippen LogP contribution >= 0.6 is 11.6 Å². The molecule has 0 radical (unpaired) electrons. The Morgan fingerprint density at radius 2 is 1.70 bits per heavy atom. The summed E-state index contributed by atoms with van der Waals surface area (Å²) in [6, 6.07) is 11.1. The van der Waals surface area contributed by atoms with E-state index in [1.54, 1.807) is 6.07 Å². The van der Waals surface area contributed by atoms with E-state index < -0.39 is 0 Å². The van der Waals surface area contributed by atoms with Gasteiger partial charge in [0.2, 0.25) is 0 Å². The predicted octanol–water partition coefficient (Wildman–Crippen LogP) is 1.75. The van der Waals surface area contributed by atoms with Crippen LogP contribution in [0.1, 0.15) is 0 Å². The molecule has 2 heterocycles. The highest BCUT2D eigenvalue weighted by atomic mass is 35.5. The number of piperazine rings is 1. The maximum atomic E-state index is 11.0. The lowest BCUT2D eigenvalue weighted by atomic mass is 10.2. The second-order valence-electron chi connectivity index (χ2n) is 4.70. The Hall–Kier alpha value is -2.01. The van der Waals surface area contributed by atoms with Crippen LogP contribution in [0.15, 0.2) is 41.2 Å². The van der Waals surface area contributed by atoms with Gasteiger partial charge < -0.3 is 9.80 Å². The highest BCUT2D eigenvalue weighted by Crippen LogP contribution is 2.26. The molecule has 6 heteroatoms. The maximum Gasteiger partial charge on any atom is 0.264 e. The van der Waals surface area contributed by atoms with E-state index in [-0.39, 0.29) is 5.56 Å².